The molecule has 2 aromatic rings. The highest BCUT2D eigenvalue weighted by Gasteiger charge is 2.14. The zero-order chi connectivity index (χ0) is 18.6. The number of nitrogens with one attached hydrogen (secondary N) is 1. The van der Waals surface area contributed by atoms with Crippen molar-refractivity contribution in [2.24, 2.45) is 0 Å². The fourth-order valence-electron chi connectivity index (χ4n) is 2.48. The molecule has 6 heteroatoms. The summed E-state index contributed by atoms with van der Waals surface area (Å²) in [7, 11) is -3.22. The quantitative estimate of drug-likeness (QED) is 0.857. The van der Waals surface area contributed by atoms with Gasteiger partial charge in [-0.2, -0.15) is 0 Å². The number of benzene rings is 2. The molecular weight excluding hydrogens is 338 g/mol. The minimum atomic E-state index is -3.22. The van der Waals surface area contributed by atoms with Gasteiger partial charge < -0.3 is 10.1 Å². The Hall–Kier alpha value is -2.34. The van der Waals surface area contributed by atoms with Gasteiger partial charge in [-0.1, -0.05) is 12.1 Å². The van der Waals surface area contributed by atoms with Crippen LogP contribution in [0.15, 0.2) is 47.4 Å². The molecule has 5 nitrogen and oxygen atoms in total. The van der Waals surface area contributed by atoms with Gasteiger partial charge in [0.25, 0.3) is 5.91 Å². The maximum Gasteiger partial charge on any atom is 0.251 e. The molecule has 0 heterocycles. The molecule has 2 rings (SSSR count). The van der Waals surface area contributed by atoms with Gasteiger partial charge in [-0.05, 0) is 62.2 Å². The van der Waals surface area contributed by atoms with Crippen LogP contribution >= 0.6 is 0 Å². The molecule has 0 aromatic heterocycles. The number of carbonyl (C=O) groups excluding carboxylic acids is 1. The molecule has 0 bridgehead atoms. The van der Waals surface area contributed by atoms with Crippen LogP contribution in [0.25, 0.3) is 0 Å². The Morgan fingerprint density at radius 3 is 2.32 bits per heavy atom. The summed E-state index contributed by atoms with van der Waals surface area (Å²) in [5.41, 5.74) is 2.30. The summed E-state index contributed by atoms with van der Waals surface area (Å²) in [6.45, 7) is 6.24. The second-order valence-corrected chi connectivity index (χ2v) is 7.97. The molecule has 0 aliphatic heterocycles. The third-order valence-corrected chi connectivity index (χ3v) is 5.02. The Labute approximate surface area is 148 Å². The van der Waals surface area contributed by atoms with Gasteiger partial charge in [-0.3, -0.25) is 4.79 Å². The monoisotopic (exact) mass is 361 g/mol. The molecule has 0 aliphatic carbocycles. The van der Waals surface area contributed by atoms with E-state index in [9.17, 15) is 13.2 Å². The van der Waals surface area contributed by atoms with E-state index in [1.165, 1.54) is 6.26 Å². The molecule has 134 valence electrons. The number of carbonyl (C=O) groups is 1. The van der Waals surface area contributed by atoms with Crippen LogP contribution < -0.4 is 10.1 Å². The van der Waals surface area contributed by atoms with E-state index in [2.05, 4.69) is 5.32 Å². The van der Waals surface area contributed by atoms with E-state index in [0.717, 1.165) is 16.9 Å². The van der Waals surface area contributed by atoms with Crippen molar-refractivity contribution in [3.8, 4) is 5.75 Å². The largest absolute Gasteiger partial charge is 0.494 e. The Bertz CT molecular complexity index is 857. The van der Waals surface area contributed by atoms with Crippen molar-refractivity contribution in [1.82, 2.24) is 5.32 Å². The number of aryl methyl sites for hydroxylation is 1. The average molecular weight is 361 g/mol. The zero-order valence-corrected chi connectivity index (χ0v) is 15.7. The van der Waals surface area contributed by atoms with Crippen molar-refractivity contribution in [3.05, 3.63) is 59.2 Å². The van der Waals surface area contributed by atoms with E-state index in [-0.39, 0.29) is 16.8 Å². The van der Waals surface area contributed by atoms with E-state index in [4.69, 9.17) is 4.74 Å². The first-order valence-electron chi connectivity index (χ1n) is 8.06. The van der Waals surface area contributed by atoms with Crippen molar-refractivity contribution in [3.63, 3.8) is 0 Å². The number of amides is 1. The highest BCUT2D eigenvalue weighted by molar-refractivity contribution is 7.90. The third kappa shape index (κ3) is 4.82. The molecule has 1 N–H and O–H groups in total. The highest BCUT2D eigenvalue weighted by Crippen LogP contribution is 2.20. The fraction of sp³-hybridized carbons (Fsp3) is 0.316. The maximum atomic E-state index is 12.4. The van der Waals surface area contributed by atoms with Crippen LogP contribution in [0.1, 0.15) is 41.4 Å². The van der Waals surface area contributed by atoms with E-state index in [0.29, 0.717) is 12.2 Å². The first-order valence-corrected chi connectivity index (χ1v) is 9.96. The van der Waals surface area contributed by atoms with Gasteiger partial charge in [0.2, 0.25) is 0 Å². The topological polar surface area (TPSA) is 72.5 Å². The smallest absolute Gasteiger partial charge is 0.251 e. The van der Waals surface area contributed by atoms with E-state index >= 15 is 0 Å². The van der Waals surface area contributed by atoms with Crippen LogP contribution in [0.3, 0.4) is 0 Å². The standard InChI is InChI=1S/C19H23NO4S/c1-5-24-18-11-8-16(12-13(18)2)19(21)20-14(3)15-6-9-17(10-7-15)25(4,22)23/h6-12,14H,5H2,1-4H3,(H,20,21)/t14-/m1/s1. The van der Waals surface area contributed by atoms with E-state index in [1.54, 1.807) is 42.5 Å². The second kappa shape index (κ2) is 7.70. The minimum absolute atomic E-state index is 0.189. The van der Waals surface area contributed by atoms with Crippen LogP contribution in [-0.2, 0) is 9.84 Å². The molecule has 0 radical (unpaired) electrons. The Morgan fingerprint density at radius 1 is 1.16 bits per heavy atom. The number of rotatable bonds is 6. The Kier molecular flexibility index (Phi) is 5.85. The summed E-state index contributed by atoms with van der Waals surface area (Å²) in [5.74, 6) is 0.578. The van der Waals surface area contributed by atoms with Crippen molar-refractivity contribution < 1.29 is 17.9 Å². The van der Waals surface area contributed by atoms with Gasteiger partial charge in [0.15, 0.2) is 9.84 Å². The lowest BCUT2D eigenvalue weighted by Gasteiger charge is -2.15. The molecule has 1 atom stereocenters. The number of ether oxygens (including phenoxy) is 1. The lowest BCUT2D eigenvalue weighted by molar-refractivity contribution is 0.0939. The highest BCUT2D eigenvalue weighted by atomic mass is 32.2. The van der Waals surface area contributed by atoms with Gasteiger partial charge in [0.05, 0.1) is 17.5 Å². The molecule has 0 aliphatic rings. The molecule has 1 amide bonds. The Balaban J connectivity index is 2.10. The van der Waals surface area contributed by atoms with Crippen LogP contribution in [0.2, 0.25) is 0 Å². The van der Waals surface area contributed by atoms with Gasteiger partial charge in [0.1, 0.15) is 5.75 Å². The van der Waals surface area contributed by atoms with Crippen LogP contribution in [0.5, 0.6) is 5.75 Å². The second-order valence-electron chi connectivity index (χ2n) is 5.95. The molecule has 0 spiro atoms. The molecule has 2 aromatic carbocycles. The first kappa shape index (κ1) is 19.0. The first-order chi connectivity index (χ1) is 11.7. The molecular formula is C19H23NO4S. The minimum Gasteiger partial charge on any atom is -0.494 e. The summed E-state index contributed by atoms with van der Waals surface area (Å²) >= 11 is 0. The summed E-state index contributed by atoms with van der Waals surface area (Å²) in [6, 6.07) is 11.6. The maximum absolute atomic E-state index is 12.4. The molecule has 0 fully saturated rings. The van der Waals surface area contributed by atoms with Crippen molar-refractivity contribution in [1.29, 1.82) is 0 Å². The SMILES string of the molecule is CCOc1ccc(C(=O)N[C@H](C)c2ccc(S(C)(=O)=O)cc2)cc1C. The normalized spacial score (nSPS) is 12.5. The van der Waals surface area contributed by atoms with Crippen LogP contribution in [0, 0.1) is 6.92 Å². The van der Waals surface area contributed by atoms with Crippen LogP contribution in [0.4, 0.5) is 0 Å². The summed E-state index contributed by atoms with van der Waals surface area (Å²) in [5, 5.41) is 2.92. The predicted octanol–water partition coefficient (Wildman–Crippen LogP) is 3.29. The Morgan fingerprint density at radius 2 is 1.80 bits per heavy atom. The molecule has 25 heavy (non-hydrogen) atoms. The lowest BCUT2D eigenvalue weighted by Crippen LogP contribution is -2.26. The molecule has 0 unspecified atom stereocenters. The van der Waals surface area contributed by atoms with E-state index < -0.39 is 9.84 Å². The third-order valence-electron chi connectivity index (χ3n) is 3.89. The zero-order valence-electron chi connectivity index (χ0n) is 14.9. The number of sulfone groups is 1. The average Bonchev–Trinajstić information content (AvgIpc) is 2.56. The van der Waals surface area contributed by atoms with Crippen molar-refractivity contribution in [2.45, 2.75) is 31.7 Å². The van der Waals surface area contributed by atoms with Crippen molar-refractivity contribution in [2.75, 3.05) is 12.9 Å². The summed E-state index contributed by atoms with van der Waals surface area (Å²) in [4.78, 5) is 12.7. The van der Waals surface area contributed by atoms with Gasteiger partial charge in [0, 0.05) is 11.8 Å². The lowest BCUT2D eigenvalue weighted by atomic mass is 10.1. The van der Waals surface area contributed by atoms with Crippen molar-refractivity contribution >= 4 is 15.7 Å². The van der Waals surface area contributed by atoms with Gasteiger partial charge in [-0.25, -0.2) is 8.42 Å². The number of hydrogen-bond donors (Lipinski definition) is 1. The van der Waals surface area contributed by atoms with Crippen LogP contribution in [-0.4, -0.2) is 27.2 Å². The fourth-order valence-corrected chi connectivity index (χ4v) is 3.11. The molecule has 0 saturated heterocycles. The number of hydrogen-bond acceptors (Lipinski definition) is 4. The van der Waals surface area contributed by atoms with Gasteiger partial charge in [-0.15, -0.1) is 0 Å². The van der Waals surface area contributed by atoms with Gasteiger partial charge >= 0.3 is 0 Å². The summed E-state index contributed by atoms with van der Waals surface area (Å²) < 4.78 is 28.5. The predicted molar refractivity (Wildman–Crippen MR) is 97.8 cm³/mol. The van der Waals surface area contributed by atoms with E-state index in [1.807, 2.05) is 20.8 Å². The molecule has 0 saturated carbocycles. The summed E-state index contributed by atoms with van der Waals surface area (Å²) in [6.07, 6.45) is 1.17.